The first-order valence-electron chi connectivity index (χ1n) is 9.92. The molecule has 4 rings (SSSR count). The van der Waals surface area contributed by atoms with Gasteiger partial charge in [0, 0.05) is 11.6 Å². The van der Waals surface area contributed by atoms with Gasteiger partial charge in [-0.2, -0.15) is 0 Å². The van der Waals surface area contributed by atoms with E-state index in [-0.39, 0.29) is 38.7 Å². The number of carbonyl (C=O) groups excluding carboxylic acids is 2. The van der Waals surface area contributed by atoms with Crippen molar-refractivity contribution in [1.82, 2.24) is 4.90 Å². The smallest absolute Gasteiger partial charge is 0.295 e. The minimum absolute atomic E-state index is 0.0687. The first-order valence-corrected chi connectivity index (χ1v) is 10.7. The second-order valence-corrected chi connectivity index (χ2v) is 8.48. The van der Waals surface area contributed by atoms with Crippen LogP contribution in [0, 0.1) is 5.82 Å². The molecule has 31 heavy (non-hydrogen) atoms. The van der Waals surface area contributed by atoms with E-state index in [2.05, 4.69) is 0 Å². The van der Waals surface area contributed by atoms with Gasteiger partial charge < -0.3 is 14.7 Å². The number of aliphatic hydroxyl groups is 1. The Hall–Kier alpha value is -2.57. The molecule has 2 fully saturated rings. The highest BCUT2D eigenvalue weighted by atomic mass is 35.5. The summed E-state index contributed by atoms with van der Waals surface area (Å²) in [5.41, 5.74) is 0.660. The third kappa shape index (κ3) is 3.79. The van der Waals surface area contributed by atoms with E-state index in [0.29, 0.717) is 5.56 Å². The molecule has 8 heteroatoms. The lowest BCUT2D eigenvalue weighted by Gasteiger charge is -2.30. The third-order valence-electron chi connectivity index (χ3n) is 5.86. The van der Waals surface area contributed by atoms with E-state index in [1.165, 1.54) is 48.4 Å². The van der Waals surface area contributed by atoms with Crippen molar-refractivity contribution < 1.29 is 23.8 Å². The van der Waals surface area contributed by atoms with E-state index in [1.54, 1.807) is 0 Å². The molecule has 1 unspecified atom stereocenters. The highest BCUT2D eigenvalue weighted by Crippen LogP contribution is 2.44. The van der Waals surface area contributed by atoms with Crippen LogP contribution in [0.3, 0.4) is 0 Å². The SMILES string of the molecule is COc1c(Cl)cc(/C(O)=C2\C(=O)C(=O)N(C3CCCC3)C2c2ccc(F)cc2)cc1Cl. The number of benzene rings is 2. The lowest BCUT2D eigenvalue weighted by atomic mass is 9.94. The summed E-state index contributed by atoms with van der Waals surface area (Å²) in [5, 5.41) is 11.4. The van der Waals surface area contributed by atoms with Crippen molar-refractivity contribution in [2.75, 3.05) is 7.11 Å². The van der Waals surface area contributed by atoms with E-state index in [1.807, 2.05) is 0 Å². The van der Waals surface area contributed by atoms with Crippen molar-refractivity contribution in [2.45, 2.75) is 37.8 Å². The number of hydrogen-bond donors (Lipinski definition) is 1. The maximum Gasteiger partial charge on any atom is 0.295 e. The number of Topliss-reactive ketones (excluding diaryl/α,β-unsaturated/α-hetero) is 1. The van der Waals surface area contributed by atoms with Gasteiger partial charge in [-0.1, -0.05) is 48.2 Å². The highest BCUT2D eigenvalue weighted by molar-refractivity contribution is 6.47. The molecule has 1 aliphatic carbocycles. The molecule has 5 nitrogen and oxygen atoms in total. The van der Waals surface area contributed by atoms with E-state index < -0.39 is 23.5 Å². The Morgan fingerprint density at radius 2 is 1.68 bits per heavy atom. The summed E-state index contributed by atoms with van der Waals surface area (Å²) < 4.78 is 18.7. The van der Waals surface area contributed by atoms with Gasteiger partial charge in [-0.15, -0.1) is 0 Å². The predicted octanol–water partition coefficient (Wildman–Crippen LogP) is 5.51. The van der Waals surface area contributed by atoms with Gasteiger partial charge in [0.2, 0.25) is 0 Å². The van der Waals surface area contributed by atoms with Crippen LogP contribution in [0.4, 0.5) is 4.39 Å². The van der Waals surface area contributed by atoms with E-state index in [0.717, 1.165) is 25.7 Å². The Balaban J connectivity index is 1.90. The zero-order valence-electron chi connectivity index (χ0n) is 16.7. The number of carbonyl (C=O) groups is 2. The Labute approximate surface area is 189 Å². The minimum atomic E-state index is -0.830. The van der Waals surface area contributed by atoms with Crippen molar-refractivity contribution in [3.63, 3.8) is 0 Å². The number of ether oxygens (including phenoxy) is 1. The fraction of sp³-hybridized carbons (Fsp3) is 0.304. The molecule has 1 saturated heterocycles. The number of nitrogens with zero attached hydrogens (tertiary/aromatic N) is 1. The lowest BCUT2D eigenvalue weighted by molar-refractivity contribution is -0.141. The first kappa shape index (κ1) is 21.7. The molecule has 0 spiro atoms. The number of likely N-dealkylation sites (tertiary alicyclic amines) is 1. The first-order chi connectivity index (χ1) is 14.8. The molecule has 1 amide bonds. The maximum atomic E-state index is 13.6. The Kier molecular flexibility index (Phi) is 5.95. The molecule has 0 radical (unpaired) electrons. The summed E-state index contributed by atoms with van der Waals surface area (Å²) in [6.07, 6.45) is 3.44. The normalized spacial score (nSPS) is 21.2. The number of rotatable bonds is 4. The van der Waals surface area contributed by atoms with Gasteiger partial charge in [0.1, 0.15) is 11.6 Å². The average Bonchev–Trinajstić information content (AvgIpc) is 3.35. The number of halogens is 3. The van der Waals surface area contributed by atoms with Crippen LogP contribution in [-0.4, -0.2) is 34.8 Å². The highest BCUT2D eigenvalue weighted by Gasteiger charge is 2.49. The van der Waals surface area contributed by atoms with E-state index in [4.69, 9.17) is 27.9 Å². The number of methoxy groups -OCH3 is 1. The number of amides is 1. The van der Waals surface area contributed by atoms with Gasteiger partial charge >= 0.3 is 0 Å². The lowest BCUT2D eigenvalue weighted by Crippen LogP contribution is -2.37. The molecule has 2 aromatic carbocycles. The second kappa shape index (κ2) is 8.52. The predicted molar refractivity (Wildman–Crippen MR) is 116 cm³/mol. The van der Waals surface area contributed by atoms with E-state index in [9.17, 15) is 19.1 Å². The second-order valence-electron chi connectivity index (χ2n) is 7.67. The molecule has 162 valence electrons. The molecule has 1 heterocycles. The zero-order chi connectivity index (χ0) is 22.3. The molecule has 2 aliphatic rings. The number of ketones is 1. The van der Waals surface area contributed by atoms with Crippen LogP contribution in [0.2, 0.25) is 10.0 Å². The summed E-state index contributed by atoms with van der Waals surface area (Å²) in [7, 11) is 1.41. The van der Waals surface area contributed by atoms with Crippen LogP contribution in [-0.2, 0) is 9.59 Å². The fourth-order valence-corrected chi connectivity index (χ4v) is 5.07. The largest absolute Gasteiger partial charge is 0.507 e. The maximum absolute atomic E-state index is 13.6. The summed E-state index contributed by atoms with van der Waals surface area (Å²) >= 11 is 12.4. The third-order valence-corrected chi connectivity index (χ3v) is 6.42. The Bertz CT molecular complexity index is 1050. The van der Waals surface area contributed by atoms with Crippen molar-refractivity contribution >= 4 is 40.7 Å². The molecule has 0 aromatic heterocycles. The van der Waals surface area contributed by atoms with Crippen LogP contribution in [0.25, 0.3) is 5.76 Å². The molecule has 2 aromatic rings. The van der Waals surface area contributed by atoms with Crippen molar-refractivity contribution in [1.29, 1.82) is 0 Å². The standard InChI is InChI=1S/C23H20Cl2FNO4/c1-31-22-16(24)10-13(11-17(22)25)20(28)18-19(12-6-8-14(26)9-7-12)27(23(30)21(18)29)15-4-2-3-5-15/h6-11,15,19,28H,2-5H2,1H3/b20-18+. The topological polar surface area (TPSA) is 66.8 Å². The summed E-state index contributed by atoms with van der Waals surface area (Å²) in [4.78, 5) is 27.6. The molecule has 1 N–H and O–H groups in total. The van der Waals surface area contributed by atoms with Crippen LogP contribution in [0.1, 0.15) is 42.9 Å². The molecule has 0 bridgehead atoms. The Morgan fingerprint density at radius 1 is 1.10 bits per heavy atom. The summed E-state index contributed by atoms with van der Waals surface area (Å²) in [5.74, 6) is -2.05. The quantitative estimate of drug-likeness (QED) is 0.369. The van der Waals surface area contributed by atoms with Gasteiger partial charge in [-0.05, 0) is 42.7 Å². The molecular formula is C23H20Cl2FNO4. The van der Waals surface area contributed by atoms with Gasteiger partial charge in [0.05, 0.1) is 28.8 Å². The van der Waals surface area contributed by atoms with Gasteiger partial charge in [0.25, 0.3) is 11.7 Å². The fourth-order valence-electron chi connectivity index (χ4n) is 4.43. The monoisotopic (exact) mass is 463 g/mol. The summed E-state index contributed by atoms with van der Waals surface area (Å²) in [6, 6.07) is 7.47. The Morgan fingerprint density at radius 3 is 2.23 bits per heavy atom. The van der Waals surface area contributed by atoms with Gasteiger partial charge in [-0.25, -0.2) is 4.39 Å². The van der Waals surface area contributed by atoms with Gasteiger partial charge in [-0.3, -0.25) is 9.59 Å². The van der Waals surface area contributed by atoms with Gasteiger partial charge in [0.15, 0.2) is 5.75 Å². The van der Waals surface area contributed by atoms with Crippen LogP contribution >= 0.6 is 23.2 Å². The molecular weight excluding hydrogens is 444 g/mol. The molecule has 1 saturated carbocycles. The van der Waals surface area contributed by atoms with Crippen LogP contribution in [0.5, 0.6) is 5.75 Å². The minimum Gasteiger partial charge on any atom is -0.507 e. The van der Waals surface area contributed by atoms with Crippen LogP contribution < -0.4 is 4.74 Å². The van der Waals surface area contributed by atoms with E-state index >= 15 is 0 Å². The number of hydrogen-bond acceptors (Lipinski definition) is 4. The van der Waals surface area contributed by atoms with Crippen LogP contribution in [0.15, 0.2) is 42.0 Å². The molecule has 1 aliphatic heterocycles. The average molecular weight is 464 g/mol. The van der Waals surface area contributed by atoms with Crippen molar-refractivity contribution in [3.8, 4) is 5.75 Å². The molecule has 1 atom stereocenters. The van der Waals surface area contributed by atoms with Crippen molar-refractivity contribution in [2.24, 2.45) is 0 Å². The zero-order valence-corrected chi connectivity index (χ0v) is 18.2. The van der Waals surface area contributed by atoms with Crippen molar-refractivity contribution in [3.05, 3.63) is 69.0 Å². The number of aliphatic hydroxyl groups excluding tert-OH is 1. The summed E-state index contributed by atoms with van der Waals surface area (Å²) in [6.45, 7) is 0.